The molecule has 0 N–H and O–H groups in total. The van der Waals surface area contributed by atoms with Crippen LogP contribution >= 0.6 is 15.9 Å². The summed E-state index contributed by atoms with van der Waals surface area (Å²) in [5.41, 5.74) is 0.384. The molecule has 15 heavy (non-hydrogen) atoms. The highest BCUT2D eigenvalue weighted by Gasteiger charge is 2.09. The number of hydrogen-bond donors (Lipinski definition) is 0. The third kappa shape index (κ3) is 3.30. The highest BCUT2D eigenvalue weighted by molar-refractivity contribution is 9.10. The lowest BCUT2D eigenvalue weighted by atomic mass is 10.2. The Bertz CT molecular complexity index is 364. The monoisotopic (exact) mass is 274 g/mol. The Kier molecular flexibility index (Phi) is 4.27. The Morgan fingerprint density at radius 3 is 2.73 bits per heavy atom. The molecule has 0 aromatic heterocycles. The summed E-state index contributed by atoms with van der Waals surface area (Å²) in [6.07, 6.45) is 0.658. The standard InChI is InChI=1S/C11H12BrFO2/c1-7(2)6-15-11-3-8(5-14)9(12)4-10(11)13/h3-5,7H,6H2,1-2H3. The third-order valence-corrected chi connectivity index (χ3v) is 2.44. The van der Waals surface area contributed by atoms with E-state index in [1.54, 1.807) is 0 Å². The van der Waals surface area contributed by atoms with Crippen molar-refractivity contribution in [2.75, 3.05) is 6.61 Å². The van der Waals surface area contributed by atoms with E-state index < -0.39 is 5.82 Å². The second kappa shape index (κ2) is 5.26. The highest BCUT2D eigenvalue weighted by atomic mass is 79.9. The van der Waals surface area contributed by atoms with Crippen molar-refractivity contribution >= 4 is 22.2 Å². The molecule has 1 aromatic carbocycles. The second-order valence-electron chi connectivity index (χ2n) is 3.63. The molecule has 82 valence electrons. The molecular formula is C11H12BrFO2. The van der Waals surface area contributed by atoms with Crippen LogP contribution in [0.25, 0.3) is 0 Å². The minimum atomic E-state index is -0.465. The van der Waals surface area contributed by atoms with E-state index in [-0.39, 0.29) is 5.75 Å². The van der Waals surface area contributed by atoms with Gasteiger partial charge in [0.2, 0.25) is 0 Å². The van der Waals surface area contributed by atoms with Gasteiger partial charge in [-0.2, -0.15) is 0 Å². The molecule has 0 radical (unpaired) electrons. The number of carbonyl (C=O) groups is 1. The zero-order chi connectivity index (χ0) is 11.4. The number of carbonyl (C=O) groups excluding carboxylic acids is 1. The molecule has 0 amide bonds. The second-order valence-corrected chi connectivity index (χ2v) is 4.48. The van der Waals surface area contributed by atoms with Gasteiger partial charge in [0.05, 0.1) is 6.61 Å². The van der Waals surface area contributed by atoms with E-state index in [2.05, 4.69) is 15.9 Å². The summed E-state index contributed by atoms with van der Waals surface area (Å²) in [7, 11) is 0. The molecule has 1 rings (SSSR count). The summed E-state index contributed by atoms with van der Waals surface area (Å²) < 4.78 is 19.0. The Morgan fingerprint density at radius 2 is 2.20 bits per heavy atom. The van der Waals surface area contributed by atoms with Crippen LogP contribution in [-0.2, 0) is 0 Å². The first-order valence-corrected chi connectivity index (χ1v) is 5.41. The summed E-state index contributed by atoms with van der Waals surface area (Å²) in [6, 6.07) is 2.63. The van der Waals surface area contributed by atoms with Gasteiger partial charge in [-0.1, -0.05) is 13.8 Å². The molecule has 0 saturated carbocycles. The average molecular weight is 275 g/mol. The first-order valence-electron chi connectivity index (χ1n) is 4.61. The summed E-state index contributed by atoms with van der Waals surface area (Å²) in [6.45, 7) is 4.37. The quantitative estimate of drug-likeness (QED) is 0.787. The molecule has 0 aliphatic rings. The van der Waals surface area contributed by atoms with E-state index in [0.29, 0.717) is 28.8 Å². The zero-order valence-corrected chi connectivity index (χ0v) is 10.2. The van der Waals surface area contributed by atoms with Crippen LogP contribution < -0.4 is 4.74 Å². The van der Waals surface area contributed by atoms with Crippen LogP contribution in [0.15, 0.2) is 16.6 Å². The molecule has 0 saturated heterocycles. The number of ether oxygens (including phenoxy) is 1. The van der Waals surface area contributed by atoms with Crippen LogP contribution in [0.3, 0.4) is 0 Å². The van der Waals surface area contributed by atoms with Gasteiger partial charge < -0.3 is 4.74 Å². The number of benzene rings is 1. The fourth-order valence-corrected chi connectivity index (χ4v) is 1.41. The van der Waals surface area contributed by atoms with E-state index in [4.69, 9.17) is 4.74 Å². The maximum atomic E-state index is 13.3. The maximum absolute atomic E-state index is 13.3. The molecule has 0 atom stereocenters. The molecule has 0 spiro atoms. The lowest BCUT2D eigenvalue weighted by Gasteiger charge is -2.10. The lowest BCUT2D eigenvalue weighted by molar-refractivity contribution is 0.112. The largest absolute Gasteiger partial charge is 0.490 e. The van der Waals surface area contributed by atoms with Crippen molar-refractivity contribution in [2.45, 2.75) is 13.8 Å². The molecule has 4 heteroatoms. The molecule has 0 aliphatic carbocycles. The average Bonchev–Trinajstić information content (AvgIpc) is 2.16. The molecule has 1 aromatic rings. The van der Waals surface area contributed by atoms with E-state index in [1.165, 1.54) is 12.1 Å². The maximum Gasteiger partial charge on any atom is 0.166 e. The van der Waals surface area contributed by atoms with E-state index in [9.17, 15) is 9.18 Å². The summed E-state index contributed by atoms with van der Waals surface area (Å²) in [5.74, 6) is -0.0325. The van der Waals surface area contributed by atoms with Crippen molar-refractivity contribution in [3.05, 3.63) is 28.0 Å². The predicted octanol–water partition coefficient (Wildman–Crippen LogP) is 3.44. The van der Waals surface area contributed by atoms with Gasteiger partial charge in [0.1, 0.15) is 0 Å². The number of hydrogen-bond acceptors (Lipinski definition) is 2. The van der Waals surface area contributed by atoms with Crippen molar-refractivity contribution < 1.29 is 13.9 Å². The topological polar surface area (TPSA) is 26.3 Å². The van der Waals surface area contributed by atoms with Crippen molar-refractivity contribution in [3.8, 4) is 5.75 Å². The minimum Gasteiger partial charge on any atom is -0.490 e. The summed E-state index contributed by atoms with van der Waals surface area (Å²) in [4.78, 5) is 10.6. The molecule has 0 aliphatic heterocycles. The SMILES string of the molecule is CC(C)COc1cc(C=O)c(Br)cc1F. The molecule has 0 heterocycles. The van der Waals surface area contributed by atoms with Crippen LogP contribution in [0.2, 0.25) is 0 Å². The van der Waals surface area contributed by atoms with Crippen LogP contribution in [0.4, 0.5) is 4.39 Å². The first kappa shape index (κ1) is 12.2. The number of halogens is 2. The van der Waals surface area contributed by atoms with Gasteiger partial charge in [-0.15, -0.1) is 0 Å². The molecule has 0 fully saturated rings. The number of rotatable bonds is 4. The third-order valence-electron chi connectivity index (χ3n) is 1.75. The van der Waals surface area contributed by atoms with Crippen LogP contribution in [-0.4, -0.2) is 12.9 Å². The normalized spacial score (nSPS) is 10.5. The summed E-state index contributed by atoms with van der Waals surface area (Å²) in [5, 5.41) is 0. The van der Waals surface area contributed by atoms with E-state index >= 15 is 0 Å². The molecule has 2 nitrogen and oxygen atoms in total. The first-order chi connectivity index (χ1) is 7.04. The van der Waals surface area contributed by atoms with Crippen molar-refractivity contribution in [1.82, 2.24) is 0 Å². The Morgan fingerprint density at radius 1 is 1.53 bits per heavy atom. The fraction of sp³-hybridized carbons (Fsp3) is 0.364. The van der Waals surface area contributed by atoms with Gasteiger partial charge in [-0.05, 0) is 34.0 Å². The Labute approximate surface area is 96.6 Å². The molecule has 0 unspecified atom stereocenters. The Hall–Kier alpha value is -0.900. The smallest absolute Gasteiger partial charge is 0.166 e. The van der Waals surface area contributed by atoms with E-state index in [0.717, 1.165) is 0 Å². The minimum absolute atomic E-state index is 0.119. The fourth-order valence-electron chi connectivity index (χ4n) is 1.00. The molecule has 0 bridgehead atoms. The van der Waals surface area contributed by atoms with Crippen molar-refractivity contribution in [3.63, 3.8) is 0 Å². The van der Waals surface area contributed by atoms with Gasteiger partial charge in [0, 0.05) is 10.0 Å². The zero-order valence-electron chi connectivity index (χ0n) is 8.59. The van der Waals surface area contributed by atoms with Gasteiger partial charge >= 0.3 is 0 Å². The lowest BCUT2D eigenvalue weighted by Crippen LogP contribution is -2.06. The summed E-state index contributed by atoms with van der Waals surface area (Å²) >= 11 is 3.09. The van der Waals surface area contributed by atoms with Gasteiger partial charge in [-0.25, -0.2) is 4.39 Å². The predicted molar refractivity (Wildman–Crippen MR) is 59.8 cm³/mol. The van der Waals surface area contributed by atoms with Crippen LogP contribution in [0.5, 0.6) is 5.75 Å². The van der Waals surface area contributed by atoms with Gasteiger partial charge in [0.25, 0.3) is 0 Å². The van der Waals surface area contributed by atoms with Crippen LogP contribution in [0, 0.1) is 11.7 Å². The van der Waals surface area contributed by atoms with Crippen molar-refractivity contribution in [2.24, 2.45) is 5.92 Å². The Balaban J connectivity index is 2.92. The van der Waals surface area contributed by atoms with E-state index in [1.807, 2.05) is 13.8 Å². The molecular weight excluding hydrogens is 263 g/mol. The van der Waals surface area contributed by atoms with Gasteiger partial charge in [0.15, 0.2) is 17.9 Å². The van der Waals surface area contributed by atoms with Crippen molar-refractivity contribution in [1.29, 1.82) is 0 Å². The number of aldehydes is 1. The van der Waals surface area contributed by atoms with Gasteiger partial charge in [-0.3, -0.25) is 4.79 Å². The van der Waals surface area contributed by atoms with Crippen LogP contribution in [0.1, 0.15) is 24.2 Å². The highest BCUT2D eigenvalue weighted by Crippen LogP contribution is 2.25.